The van der Waals surface area contributed by atoms with Crippen LogP contribution in [0.1, 0.15) is 0 Å². The lowest BCUT2D eigenvalue weighted by Crippen LogP contribution is -2.63. The Labute approximate surface area is 215 Å². The van der Waals surface area contributed by atoms with Crippen LogP contribution in [0.2, 0.25) is 0 Å². The SMILES string of the molecule is COc1ccc(OS(=O)(=O)C(F)(F)C(F)(F)C(F)(F)C(F)(F)F)cc1.c1ccc(Sc2ccccc2)cc1. The van der Waals surface area contributed by atoms with Crippen LogP contribution in [-0.4, -0.2) is 38.8 Å². The van der Waals surface area contributed by atoms with Crippen molar-refractivity contribution < 1.29 is 56.9 Å². The molecule has 3 aromatic rings. The van der Waals surface area contributed by atoms with Gasteiger partial charge in [0, 0.05) is 9.79 Å². The second-order valence-electron chi connectivity index (χ2n) is 7.10. The fourth-order valence-electron chi connectivity index (χ4n) is 2.44. The highest BCUT2D eigenvalue weighted by Gasteiger charge is 2.86. The van der Waals surface area contributed by atoms with E-state index in [9.17, 15) is 47.9 Å². The molecule has 0 saturated carbocycles. The molecule has 0 bridgehead atoms. The van der Waals surface area contributed by atoms with Gasteiger partial charge in [-0.15, -0.1) is 0 Å². The molecule has 0 aromatic heterocycles. The monoisotopic (exact) mass is 592 g/mol. The summed E-state index contributed by atoms with van der Waals surface area (Å²) in [5.74, 6) is -15.7. The lowest BCUT2D eigenvalue weighted by Gasteiger charge is -2.32. The average molecular weight is 593 g/mol. The van der Waals surface area contributed by atoms with Gasteiger partial charge >= 0.3 is 33.4 Å². The summed E-state index contributed by atoms with van der Waals surface area (Å²) in [6.45, 7) is 0. The molecule has 3 rings (SSSR count). The summed E-state index contributed by atoms with van der Waals surface area (Å²) in [6.07, 6.45) is -7.14. The Bertz CT molecular complexity index is 1230. The largest absolute Gasteiger partial charge is 0.497 e. The summed E-state index contributed by atoms with van der Waals surface area (Å²) in [4.78, 5) is 2.57. The summed E-state index contributed by atoms with van der Waals surface area (Å²) in [7, 11) is -5.78. The molecule has 3 aromatic carbocycles. The topological polar surface area (TPSA) is 52.6 Å². The number of halogens is 9. The first kappa shape index (κ1) is 31.1. The molecule has 0 unspecified atom stereocenters. The number of ether oxygens (including phenoxy) is 1. The van der Waals surface area contributed by atoms with Crippen LogP contribution in [0.5, 0.6) is 11.5 Å². The summed E-state index contributed by atoms with van der Waals surface area (Å²) in [5, 5.41) is -6.90. The lowest BCUT2D eigenvalue weighted by atomic mass is 10.1. The van der Waals surface area contributed by atoms with E-state index in [1.165, 1.54) is 9.79 Å². The predicted molar refractivity (Wildman–Crippen MR) is 120 cm³/mol. The van der Waals surface area contributed by atoms with Crippen molar-refractivity contribution in [1.82, 2.24) is 0 Å². The molecule has 4 nitrogen and oxygen atoms in total. The first-order valence-electron chi connectivity index (χ1n) is 10.0. The lowest BCUT2D eigenvalue weighted by molar-refractivity contribution is -0.382. The molecule has 0 atom stereocenters. The van der Waals surface area contributed by atoms with Gasteiger partial charge in [0.1, 0.15) is 11.5 Å². The highest BCUT2D eigenvalue weighted by molar-refractivity contribution is 7.99. The molecule has 0 aliphatic carbocycles. The molecular weight excluding hydrogens is 575 g/mol. The van der Waals surface area contributed by atoms with Gasteiger partial charge in [0.15, 0.2) is 0 Å². The minimum atomic E-state index is -7.35. The molecule has 15 heteroatoms. The van der Waals surface area contributed by atoms with Crippen molar-refractivity contribution in [3.8, 4) is 11.5 Å². The Morgan fingerprint density at radius 2 is 1.00 bits per heavy atom. The van der Waals surface area contributed by atoms with E-state index in [1.54, 1.807) is 11.8 Å². The van der Waals surface area contributed by atoms with Crippen molar-refractivity contribution in [3.63, 3.8) is 0 Å². The maximum atomic E-state index is 13.4. The Kier molecular flexibility index (Phi) is 9.64. The summed E-state index contributed by atoms with van der Waals surface area (Å²) in [6, 6.07) is 23.9. The number of hydrogen-bond acceptors (Lipinski definition) is 5. The molecule has 0 heterocycles. The van der Waals surface area contributed by atoms with Gasteiger partial charge in [0.05, 0.1) is 7.11 Å². The quantitative estimate of drug-likeness (QED) is 0.199. The Balaban J connectivity index is 0.000000323. The third-order valence-electron chi connectivity index (χ3n) is 4.42. The highest BCUT2D eigenvalue weighted by Crippen LogP contribution is 2.55. The standard InChI is InChI=1S/C12H10S.C11H7F9O4S/c1-3-7-11(8-4-1)13-12-9-5-2-6-10-12;1-23-6-2-4-7(5-3-6)24-25(21,22)11(19,20)9(14,15)8(12,13)10(16,17)18/h1-10H;2-5H,1H3. The number of benzene rings is 3. The second-order valence-corrected chi connectivity index (χ2v) is 9.84. The average Bonchev–Trinajstić information content (AvgIpc) is 2.85. The van der Waals surface area contributed by atoms with E-state index < -0.39 is 39.1 Å². The van der Waals surface area contributed by atoms with Crippen molar-refractivity contribution in [2.24, 2.45) is 0 Å². The van der Waals surface area contributed by atoms with Crippen LogP contribution >= 0.6 is 11.8 Å². The van der Waals surface area contributed by atoms with Gasteiger partial charge in [-0.2, -0.15) is 47.9 Å². The fraction of sp³-hybridized carbons (Fsp3) is 0.217. The Hall–Kier alpha value is -3.07. The summed E-state index contributed by atoms with van der Waals surface area (Å²) >= 11 is 1.79. The van der Waals surface area contributed by atoms with E-state index >= 15 is 0 Å². The third kappa shape index (κ3) is 6.87. The van der Waals surface area contributed by atoms with E-state index in [4.69, 9.17) is 0 Å². The molecule has 38 heavy (non-hydrogen) atoms. The van der Waals surface area contributed by atoms with Gasteiger partial charge in [0.25, 0.3) is 0 Å². The summed E-state index contributed by atoms with van der Waals surface area (Å²) in [5.41, 5.74) is 0. The first-order chi connectivity index (χ1) is 17.5. The zero-order valence-corrected chi connectivity index (χ0v) is 20.6. The molecule has 0 aliphatic heterocycles. The van der Waals surface area contributed by atoms with E-state index in [2.05, 4.69) is 57.5 Å². The van der Waals surface area contributed by atoms with E-state index in [1.807, 2.05) is 12.1 Å². The van der Waals surface area contributed by atoms with E-state index in [-0.39, 0.29) is 5.75 Å². The minimum Gasteiger partial charge on any atom is -0.497 e. The Morgan fingerprint density at radius 3 is 1.37 bits per heavy atom. The molecule has 208 valence electrons. The van der Waals surface area contributed by atoms with E-state index in [0.717, 1.165) is 19.2 Å². The summed E-state index contributed by atoms with van der Waals surface area (Å²) < 4.78 is 145. The van der Waals surface area contributed by atoms with Gasteiger partial charge in [-0.05, 0) is 48.5 Å². The molecule has 0 saturated heterocycles. The zero-order chi connectivity index (χ0) is 28.8. The smallest absolute Gasteiger partial charge is 0.460 e. The van der Waals surface area contributed by atoms with Gasteiger partial charge in [0.2, 0.25) is 0 Å². The number of alkyl halides is 9. The predicted octanol–water partition coefficient (Wildman–Crippen LogP) is 7.67. The molecule has 0 aliphatic rings. The third-order valence-corrected chi connectivity index (χ3v) is 6.73. The first-order valence-corrected chi connectivity index (χ1v) is 12.2. The van der Waals surface area contributed by atoms with Crippen LogP contribution in [0.4, 0.5) is 39.5 Å². The van der Waals surface area contributed by atoms with Gasteiger partial charge in [-0.1, -0.05) is 48.2 Å². The number of rotatable bonds is 8. The van der Waals surface area contributed by atoms with Crippen molar-refractivity contribution >= 4 is 21.9 Å². The highest BCUT2D eigenvalue weighted by atomic mass is 32.2. The van der Waals surface area contributed by atoms with Gasteiger partial charge in [-0.3, -0.25) is 0 Å². The second kappa shape index (κ2) is 11.8. The number of hydrogen-bond donors (Lipinski definition) is 0. The molecular formula is C23H17F9O4S2. The maximum absolute atomic E-state index is 13.4. The molecule has 0 fully saturated rings. The van der Waals surface area contributed by atoms with Gasteiger partial charge < -0.3 is 8.92 Å². The van der Waals surface area contributed by atoms with Crippen LogP contribution in [0, 0.1) is 0 Å². The molecule has 0 amide bonds. The van der Waals surface area contributed by atoms with Gasteiger partial charge in [-0.25, -0.2) is 0 Å². The fourth-order valence-corrected chi connectivity index (χ4v) is 4.21. The van der Waals surface area contributed by atoms with Crippen LogP contribution < -0.4 is 8.92 Å². The molecule has 0 N–H and O–H groups in total. The van der Waals surface area contributed by atoms with Crippen molar-refractivity contribution in [1.29, 1.82) is 0 Å². The van der Waals surface area contributed by atoms with E-state index in [0.29, 0.717) is 12.1 Å². The zero-order valence-electron chi connectivity index (χ0n) is 18.9. The molecule has 0 radical (unpaired) electrons. The minimum absolute atomic E-state index is 0.0467. The van der Waals surface area contributed by atoms with Crippen molar-refractivity contribution in [2.75, 3.05) is 7.11 Å². The van der Waals surface area contributed by atoms with Crippen LogP contribution in [0.3, 0.4) is 0 Å². The maximum Gasteiger partial charge on any atom is 0.460 e. The Morgan fingerprint density at radius 1 is 0.605 bits per heavy atom. The van der Waals surface area contributed by atoms with Crippen molar-refractivity contribution in [2.45, 2.75) is 33.1 Å². The number of methoxy groups -OCH3 is 1. The van der Waals surface area contributed by atoms with Crippen molar-refractivity contribution in [3.05, 3.63) is 84.9 Å². The van der Waals surface area contributed by atoms with Crippen LogP contribution in [0.25, 0.3) is 0 Å². The van der Waals surface area contributed by atoms with Crippen LogP contribution in [-0.2, 0) is 10.1 Å². The normalized spacial score (nSPS) is 12.8. The van der Waals surface area contributed by atoms with Crippen LogP contribution in [0.15, 0.2) is 94.7 Å². The molecule has 0 spiro atoms.